The summed E-state index contributed by atoms with van der Waals surface area (Å²) in [6.45, 7) is 4.22. The molecular weight excluding hydrogens is 162 g/mol. The molecule has 0 saturated heterocycles. The Morgan fingerprint density at radius 2 is 2.15 bits per heavy atom. The Morgan fingerprint density at radius 1 is 1.46 bits per heavy atom. The fourth-order valence-corrected chi connectivity index (χ4v) is 2.68. The molecular formula is C10H19N3. The van der Waals surface area contributed by atoms with E-state index in [1.807, 2.05) is 0 Å². The number of hydrogen-bond acceptors (Lipinski definition) is 3. The third-order valence-corrected chi connectivity index (χ3v) is 3.37. The lowest BCUT2D eigenvalue weighted by molar-refractivity contribution is 0.206. The number of nitrogens with zero attached hydrogens (tertiary/aromatic N) is 2. The van der Waals surface area contributed by atoms with Gasteiger partial charge < -0.3 is 10.6 Å². The van der Waals surface area contributed by atoms with Crippen LogP contribution < -0.4 is 5.73 Å². The van der Waals surface area contributed by atoms with Gasteiger partial charge in [-0.3, -0.25) is 4.99 Å². The molecule has 0 amide bonds. The first kappa shape index (κ1) is 8.85. The summed E-state index contributed by atoms with van der Waals surface area (Å²) in [5.74, 6) is 0.781. The Morgan fingerprint density at radius 3 is 2.77 bits per heavy atom. The summed E-state index contributed by atoms with van der Waals surface area (Å²) in [5, 5.41) is 0. The van der Waals surface area contributed by atoms with Gasteiger partial charge in [-0.05, 0) is 19.3 Å². The van der Waals surface area contributed by atoms with Crippen molar-refractivity contribution in [3.8, 4) is 0 Å². The summed E-state index contributed by atoms with van der Waals surface area (Å²) >= 11 is 0. The summed E-state index contributed by atoms with van der Waals surface area (Å²) in [7, 11) is 0. The zero-order valence-corrected chi connectivity index (χ0v) is 8.42. The lowest BCUT2D eigenvalue weighted by Crippen LogP contribution is -2.50. The molecule has 1 spiro atoms. The summed E-state index contributed by atoms with van der Waals surface area (Å²) in [4.78, 5) is 6.74. The van der Waals surface area contributed by atoms with Crippen molar-refractivity contribution >= 4 is 5.96 Å². The van der Waals surface area contributed by atoms with Gasteiger partial charge in [0.1, 0.15) is 0 Å². The van der Waals surface area contributed by atoms with Gasteiger partial charge in [-0.2, -0.15) is 0 Å². The van der Waals surface area contributed by atoms with Gasteiger partial charge in [0.2, 0.25) is 0 Å². The van der Waals surface area contributed by atoms with Gasteiger partial charge >= 0.3 is 0 Å². The number of guanidine groups is 1. The van der Waals surface area contributed by atoms with E-state index in [2.05, 4.69) is 16.8 Å². The smallest absolute Gasteiger partial charge is 0.191 e. The lowest BCUT2D eigenvalue weighted by Gasteiger charge is -2.35. The van der Waals surface area contributed by atoms with Crippen molar-refractivity contribution in [2.24, 2.45) is 10.7 Å². The van der Waals surface area contributed by atoms with Crippen LogP contribution in [0.5, 0.6) is 0 Å². The minimum atomic E-state index is 0.333. The Balaban J connectivity index is 2.12. The van der Waals surface area contributed by atoms with Crippen LogP contribution in [0.25, 0.3) is 0 Å². The monoisotopic (exact) mass is 181 g/mol. The molecule has 1 saturated carbocycles. The molecule has 0 bridgehead atoms. The molecule has 74 valence electrons. The highest BCUT2D eigenvalue weighted by atomic mass is 15.4. The van der Waals surface area contributed by atoms with Crippen molar-refractivity contribution in [3.05, 3.63) is 0 Å². The fourth-order valence-electron chi connectivity index (χ4n) is 2.68. The normalized spacial score (nSPS) is 25.6. The SMILES string of the molecule is CCCN1C(N)=NCC12CCCC2. The molecule has 3 nitrogen and oxygen atoms in total. The second kappa shape index (κ2) is 3.20. The molecule has 0 radical (unpaired) electrons. The Labute approximate surface area is 80.0 Å². The largest absolute Gasteiger partial charge is 0.370 e. The summed E-state index contributed by atoms with van der Waals surface area (Å²) in [6.07, 6.45) is 6.44. The molecule has 3 heteroatoms. The summed E-state index contributed by atoms with van der Waals surface area (Å²) < 4.78 is 0. The molecule has 13 heavy (non-hydrogen) atoms. The zero-order valence-electron chi connectivity index (χ0n) is 8.42. The van der Waals surface area contributed by atoms with Crippen LogP contribution in [0.15, 0.2) is 4.99 Å². The van der Waals surface area contributed by atoms with E-state index in [-0.39, 0.29) is 0 Å². The average Bonchev–Trinajstić information content (AvgIpc) is 2.69. The Hall–Kier alpha value is -0.730. The van der Waals surface area contributed by atoms with Crippen molar-refractivity contribution in [1.82, 2.24) is 4.90 Å². The van der Waals surface area contributed by atoms with Crippen molar-refractivity contribution in [1.29, 1.82) is 0 Å². The van der Waals surface area contributed by atoms with Crippen molar-refractivity contribution < 1.29 is 0 Å². The first-order chi connectivity index (χ1) is 6.28. The molecule has 0 atom stereocenters. The third-order valence-electron chi connectivity index (χ3n) is 3.37. The van der Waals surface area contributed by atoms with E-state index < -0.39 is 0 Å². The summed E-state index contributed by atoms with van der Waals surface area (Å²) in [5.41, 5.74) is 6.23. The molecule has 0 aromatic heterocycles. The molecule has 2 aliphatic rings. The Kier molecular flexibility index (Phi) is 2.18. The predicted molar refractivity (Wildman–Crippen MR) is 54.7 cm³/mol. The van der Waals surface area contributed by atoms with E-state index in [0.717, 1.165) is 25.5 Å². The minimum Gasteiger partial charge on any atom is -0.370 e. The van der Waals surface area contributed by atoms with E-state index in [1.54, 1.807) is 0 Å². The maximum Gasteiger partial charge on any atom is 0.191 e. The van der Waals surface area contributed by atoms with Crippen molar-refractivity contribution in [2.45, 2.75) is 44.6 Å². The van der Waals surface area contributed by atoms with Gasteiger partial charge in [-0.25, -0.2) is 0 Å². The predicted octanol–water partition coefficient (Wildman–Crippen LogP) is 1.34. The average molecular weight is 181 g/mol. The van der Waals surface area contributed by atoms with Crippen LogP contribution in [-0.2, 0) is 0 Å². The lowest BCUT2D eigenvalue weighted by atomic mass is 9.96. The topological polar surface area (TPSA) is 41.6 Å². The Bertz CT molecular complexity index is 216. The van der Waals surface area contributed by atoms with Crippen LogP contribution in [0.2, 0.25) is 0 Å². The number of rotatable bonds is 2. The molecule has 1 heterocycles. The highest BCUT2D eigenvalue weighted by Crippen LogP contribution is 2.38. The van der Waals surface area contributed by atoms with Gasteiger partial charge in [0.05, 0.1) is 12.1 Å². The van der Waals surface area contributed by atoms with E-state index in [9.17, 15) is 0 Å². The van der Waals surface area contributed by atoms with Crippen LogP contribution in [0, 0.1) is 0 Å². The van der Waals surface area contributed by atoms with Crippen LogP contribution in [0.3, 0.4) is 0 Å². The third kappa shape index (κ3) is 1.30. The molecule has 1 aliphatic carbocycles. The van der Waals surface area contributed by atoms with E-state index in [1.165, 1.54) is 25.7 Å². The second-order valence-corrected chi connectivity index (χ2v) is 4.26. The standard InChI is InChI=1S/C10H19N3/c1-2-7-13-9(11)12-8-10(13)5-3-4-6-10/h2-8H2,1H3,(H2,11,12). The quantitative estimate of drug-likeness (QED) is 0.698. The molecule has 2 rings (SSSR count). The number of nitrogens with two attached hydrogens (primary N) is 1. The zero-order chi connectivity index (χ0) is 9.31. The number of aliphatic imine (C=N–C) groups is 1. The number of hydrogen-bond donors (Lipinski definition) is 1. The summed E-state index contributed by atoms with van der Waals surface area (Å²) in [6, 6.07) is 0. The van der Waals surface area contributed by atoms with E-state index in [4.69, 9.17) is 5.73 Å². The van der Waals surface area contributed by atoms with Gasteiger partial charge in [-0.15, -0.1) is 0 Å². The van der Waals surface area contributed by atoms with Crippen molar-refractivity contribution in [3.63, 3.8) is 0 Å². The van der Waals surface area contributed by atoms with E-state index in [0.29, 0.717) is 5.54 Å². The van der Waals surface area contributed by atoms with Crippen LogP contribution in [0.1, 0.15) is 39.0 Å². The van der Waals surface area contributed by atoms with Crippen LogP contribution in [0.4, 0.5) is 0 Å². The van der Waals surface area contributed by atoms with Crippen LogP contribution in [-0.4, -0.2) is 29.5 Å². The maximum absolute atomic E-state index is 5.90. The van der Waals surface area contributed by atoms with Gasteiger partial charge in [-0.1, -0.05) is 19.8 Å². The maximum atomic E-state index is 5.90. The molecule has 0 aromatic carbocycles. The van der Waals surface area contributed by atoms with E-state index >= 15 is 0 Å². The molecule has 0 aromatic rings. The van der Waals surface area contributed by atoms with Crippen LogP contribution >= 0.6 is 0 Å². The molecule has 1 fully saturated rings. The fraction of sp³-hybridized carbons (Fsp3) is 0.900. The molecule has 1 aliphatic heterocycles. The van der Waals surface area contributed by atoms with Crippen molar-refractivity contribution in [2.75, 3.05) is 13.1 Å². The second-order valence-electron chi connectivity index (χ2n) is 4.26. The highest BCUT2D eigenvalue weighted by molar-refractivity contribution is 5.81. The van der Waals surface area contributed by atoms with Gasteiger partial charge in [0.25, 0.3) is 0 Å². The minimum absolute atomic E-state index is 0.333. The van der Waals surface area contributed by atoms with Gasteiger partial charge in [0, 0.05) is 6.54 Å². The first-order valence-electron chi connectivity index (χ1n) is 5.36. The van der Waals surface area contributed by atoms with Gasteiger partial charge in [0.15, 0.2) is 5.96 Å². The highest BCUT2D eigenvalue weighted by Gasteiger charge is 2.43. The molecule has 0 unspecified atom stereocenters. The first-order valence-corrected chi connectivity index (χ1v) is 5.36. The molecule has 2 N–H and O–H groups in total.